The van der Waals surface area contributed by atoms with Crippen LogP contribution >= 0.6 is 0 Å². The highest BCUT2D eigenvalue weighted by Crippen LogP contribution is 2.06. The van der Waals surface area contributed by atoms with Gasteiger partial charge in [-0.05, 0) is 0 Å². The average Bonchev–Trinajstić information content (AvgIpc) is 2.66. The molecule has 2 aliphatic heterocycles. The van der Waals surface area contributed by atoms with Gasteiger partial charge in [0.15, 0.2) is 0 Å². The van der Waals surface area contributed by atoms with E-state index in [4.69, 9.17) is 5.11 Å². The van der Waals surface area contributed by atoms with Crippen LogP contribution in [-0.4, -0.2) is 115 Å². The van der Waals surface area contributed by atoms with Crippen LogP contribution in [0.25, 0.3) is 0 Å². The SMILES string of the molecule is CC(C)C(=O)CN1CCN2CCN(CCN(CC(=O)O)CC2)CC1. The molecule has 138 valence electrons. The Morgan fingerprint density at radius 3 is 1.50 bits per heavy atom. The Labute approximate surface area is 145 Å². The fourth-order valence-electron chi connectivity index (χ4n) is 3.22. The van der Waals surface area contributed by atoms with Crippen LogP contribution in [0.3, 0.4) is 0 Å². The van der Waals surface area contributed by atoms with Gasteiger partial charge in [0.2, 0.25) is 0 Å². The molecule has 0 amide bonds. The third-order valence-electron chi connectivity index (χ3n) is 5.04. The molecule has 2 aliphatic rings. The van der Waals surface area contributed by atoms with Crippen molar-refractivity contribution in [3.63, 3.8) is 0 Å². The second-order valence-electron chi connectivity index (χ2n) is 7.25. The number of nitrogens with zero attached hydrogens (tertiary/aromatic N) is 4. The van der Waals surface area contributed by atoms with E-state index in [0.29, 0.717) is 12.3 Å². The molecular formula is C17H32N4O3. The molecule has 0 spiro atoms. The molecule has 2 atom stereocenters. The Morgan fingerprint density at radius 1 is 0.750 bits per heavy atom. The minimum absolute atomic E-state index is 0.0910. The van der Waals surface area contributed by atoms with E-state index < -0.39 is 5.97 Å². The highest BCUT2D eigenvalue weighted by molar-refractivity contribution is 5.82. The summed E-state index contributed by atoms with van der Waals surface area (Å²) in [4.78, 5) is 32.2. The first kappa shape index (κ1) is 19.3. The van der Waals surface area contributed by atoms with Crippen molar-refractivity contribution in [2.45, 2.75) is 13.8 Å². The van der Waals surface area contributed by atoms with Gasteiger partial charge in [0.1, 0.15) is 5.78 Å². The molecule has 2 fully saturated rings. The summed E-state index contributed by atoms with van der Waals surface area (Å²) >= 11 is 0. The van der Waals surface area contributed by atoms with Gasteiger partial charge in [0.05, 0.1) is 13.1 Å². The lowest BCUT2D eigenvalue weighted by Crippen LogP contribution is -2.44. The summed E-state index contributed by atoms with van der Waals surface area (Å²) in [6.45, 7) is 13.7. The molecular weight excluding hydrogens is 308 g/mol. The number of carboxylic acids is 1. The zero-order chi connectivity index (χ0) is 17.5. The second-order valence-corrected chi connectivity index (χ2v) is 7.25. The molecule has 7 heteroatoms. The van der Waals surface area contributed by atoms with Gasteiger partial charge in [-0.15, -0.1) is 0 Å². The summed E-state index contributed by atoms with van der Waals surface area (Å²) in [5.74, 6) is -0.349. The molecule has 0 aromatic rings. The molecule has 0 saturated carbocycles. The molecule has 2 heterocycles. The van der Waals surface area contributed by atoms with Crippen molar-refractivity contribution in [1.82, 2.24) is 19.6 Å². The van der Waals surface area contributed by atoms with Gasteiger partial charge in [-0.1, -0.05) is 13.8 Å². The number of fused-ring (bicyclic) bond motifs is 3. The van der Waals surface area contributed by atoms with Gasteiger partial charge in [0, 0.05) is 71.4 Å². The van der Waals surface area contributed by atoms with E-state index in [0.717, 1.165) is 65.4 Å². The van der Waals surface area contributed by atoms with Crippen molar-refractivity contribution in [3.05, 3.63) is 0 Å². The summed E-state index contributed by atoms with van der Waals surface area (Å²) < 4.78 is 0. The highest BCUT2D eigenvalue weighted by atomic mass is 16.4. The molecule has 1 N–H and O–H groups in total. The van der Waals surface area contributed by atoms with Gasteiger partial charge in [0.25, 0.3) is 0 Å². The first-order valence-electron chi connectivity index (χ1n) is 9.08. The maximum absolute atomic E-state index is 12.1. The fourth-order valence-corrected chi connectivity index (χ4v) is 3.22. The topological polar surface area (TPSA) is 67.3 Å². The van der Waals surface area contributed by atoms with Crippen LogP contribution in [0.2, 0.25) is 0 Å². The lowest BCUT2D eigenvalue weighted by atomic mass is 10.1. The largest absolute Gasteiger partial charge is 0.480 e. The summed E-state index contributed by atoms with van der Waals surface area (Å²) in [7, 11) is 0. The number of ketones is 1. The van der Waals surface area contributed by atoms with Crippen molar-refractivity contribution in [2.75, 3.05) is 78.5 Å². The van der Waals surface area contributed by atoms with Crippen LogP contribution in [0.4, 0.5) is 0 Å². The third-order valence-corrected chi connectivity index (χ3v) is 5.04. The minimum atomic E-state index is -0.752. The molecule has 2 saturated heterocycles. The molecule has 0 aromatic carbocycles. The Kier molecular flexibility index (Phi) is 7.61. The number of carbonyl (C=O) groups excluding carboxylic acids is 1. The summed E-state index contributed by atoms with van der Waals surface area (Å²) in [6, 6.07) is 0. The van der Waals surface area contributed by atoms with Crippen molar-refractivity contribution >= 4 is 11.8 Å². The van der Waals surface area contributed by atoms with Crippen LogP contribution in [0.15, 0.2) is 0 Å². The van der Waals surface area contributed by atoms with E-state index >= 15 is 0 Å². The Bertz CT molecular complexity index is 410. The van der Waals surface area contributed by atoms with E-state index in [1.165, 1.54) is 0 Å². The van der Waals surface area contributed by atoms with E-state index in [1.807, 2.05) is 18.7 Å². The minimum Gasteiger partial charge on any atom is -0.480 e. The number of hydrogen-bond donors (Lipinski definition) is 1. The molecule has 2 bridgehead atoms. The lowest BCUT2D eigenvalue weighted by Gasteiger charge is -2.29. The number of hydrogen-bond acceptors (Lipinski definition) is 6. The number of carbonyl (C=O) groups is 2. The molecule has 0 aliphatic carbocycles. The second kappa shape index (κ2) is 9.46. The van der Waals surface area contributed by atoms with Crippen molar-refractivity contribution in [1.29, 1.82) is 0 Å². The van der Waals surface area contributed by atoms with Crippen LogP contribution in [0, 0.1) is 5.92 Å². The van der Waals surface area contributed by atoms with Crippen molar-refractivity contribution in [2.24, 2.45) is 5.92 Å². The van der Waals surface area contributed by atoms with Gasteiger partial charge in [-0.25, -0.2) is 0 Å². The maximum atomic E-state index is 12.1. The van der Waals surface area contributed by atoms with Crippen molar-refractivity contribution in [3.8, 4) is 0 Å². The molecule has 2 rings (SSSR count). The first-order chi connectivity index (χ1) is 11.4. The zero-order valence-electron chi connectivity index (χ0n) is 15.1. The number of carboxylic acid groups (broad SMARTS) is 1. The standard InChI is InChI=1S/C17H32N4O3/c1-15(2)16(22)13-20-9-5-18-3-4-19(6-10-20)8-12-21(11-7-18)14-17(23)24/h15H,3-14H2,1-2H3,(H,23,24). The van der Waals surface area contributed by atoms with Crippen LogP contribution < -0.4 is 0 Å². The first-order valence-corrected chi connectivity index (χ1v) is 9.08. The zero-order valence-corrected chi connectivity index (χ0v) is 15.1. The van der Waals surface area contributed by atoms with Gasteiger partial charge < -0.3 is 5.11 Å². The fraction of sp³-hybridized carbons (Fsp3) is 0.882. The molecule has 0 radical (unpaired) electrons. The predicted octanol–water partition coefficient (Wildman–Crippen LogP) is -0.469. The van der Waals surface area contributed by atoms with E-state index in [9.17, 15) is 9.59 Å². The predicted molar refractivity (Wildman–Crippen MR) is 93.2 cm³/mol. The molecule has 24 heavy (non-hydrogen) atoms. The van der Waals surface area contributed by atoms with Gasteiger partial charge in [-0.3, -0.25) is 29.2 Å². The quantitative estimate of drug-likeness (QED) is 0.726. The smallest absolute Gasteiger partial charge is 0.317 e. The number of aliphatic carboxylic acids is 1. The normalized spacial score (nSPS) is 27.6. The van der Waals surface area contributed by atoms with E-state index in [2.05, 4.69) is 14.7 Å². The Hall–Kier alpha value is -1.02. The monoisotopic (exact) mass is 340 g/mol. The Balaban J connectivity index is 1.97. The molecule has 0 aromatic heterocycles. The average molecular weight is 340 g/mol. The summed E-state index contributed by atoms with van der Waals surface area (Å²) in [6.07, 6.45) is 0. The number of rotatable bonds is 5. The van der Waals surface area contributed by atoms with Gasteiger partial charge in [-0.2, -0.15) is 0 Å². The van der Waals surface area contributed by atoms with E-state index in [1.54, 1.807) is 0 Å². The number of Topliss-reactive ketones (excluding diaryl/α,β-unsaturated/α-hetero) is 1. The maximum Gasteiger partial charge on any atom is 0.317 e. The van der Waals surface area contributed by atoms with Crippen LogP contribution in [-0.2, 0) is 9.59 Å². The summed E-state index contributed by atoms with van der Waals surface area (Å²) in [5.41, 5.74) is 0. The molecule has 2 unspecified atom stereocenters. The van der Waals surface area contributed by atoms with Crippen LogP contribution in [0.5, 0.6) is 0 Å². The van der Waals surface area contributed by atoms with E-state index in [-0.39, 0.29) is 12.5 Å². The summed E-state index contributed by atoms with van der Waals surface area (Å²) in [5, 5.41) is 9.06. The highest BCUT2D eigenvalue weighted by Gasteiger charge is 2.22. The van der Waals surface area contributed by atoms with Crippen molar-refractivity contribution < 1.29 is 14.7 Å². The molecule has 7 nitrogen and oxygen atoms in total. The van der Waals surface area contributed by atoms with Gasteiger partial charge >= 0.3 is 5.97 Å². The van der Waals surface area contributed by atoms with Crippen LogP contribution in [0.1, 0.15) is 13.8 Å². The Morgan fingerprint density at radius 2 is 1.12 bits per heavy atom. The lowest BCUT2D eigenvalue weighted by molar-refractivity contribution is -0.138. The third kappa shape index (κ3) is 6.47.